The lowest BCUT2D eigenvalue weighted by atomic mass is 9.87. The molecule has 1 fully saturated rings. The van der Waals surface area contributed by atoms with Crippen molar-refractivity contribution < 1.29 is 27.8 Å². The van der Waals surface area contributed by atoms with Crippen LogP contribution in [0.25, 0.3) is 11.1 Å². The van der Waals surface area contributed by atoms with Crippen molar-refractivity contribution in [3.63, 3.8) is 0 Å². The van der Waals surface area contributed by atoms with Crippen LogP contribution in [0.2, 0.25) is 0 Å². The molecule has 0 saturated carbocycles. The third-order valence-corrected chi connectivity index (χ3v) is 6.76. The van der Waals surface area contributed by atoms with Gasteiger partial charge in [0.2, 0.25) is 0 Å². The molecule has 0 radical (unpaired) electrons. The Bertz CT molecular complexity index is 1300. The van der Waals surface area contributed by atoms with Gasteiger partial charge in [-0.1, -0.05) is 6.07 Å². The molecule has 0 spiro atoms. The maximum atomic E-state index is 13.0. The van der Waals surface area contributed by atoms with E-state index in [1.54, 1.807) is 12.3 Å². The molecule has 1 aromatic carbocycles. The third kappa shape index (κ3) is 4.66. The van der Waals surface area contributed by atoms with Crippen molar-refractivity contribution in [3.8, 4) is 11.1 Å². The van der Waals surface area contributed by atoms with Gasteiger partial charge in [0, 0.05) is 47.7 Å². The summed E-state index contributed by atoms with van der Waals surface area (Å²) in [5.74, 6) is -0.610. The van der Waals surface area contributed by atoms with Crippen LogP contribution in [-0.4, -0.2) is 53.4 Å². The zero-order valence-corrected chi connectivity index (χ0v) is 19.5. The van der Waals surface area contributed by atoms with E-state index in [9.17, 15) is 23.1 Å². The van der Waals surface area contributed by atoms with Crippen molar-refractivity contribution in [1.29, 1.82) is 0 Å². The summed E-state index contributed by atoms with van der Waals surface area (Å²) >= 11 is 0. The van der Waals surface area contributed by atoms with Gasteiger partial charge in [-0.25, -0.2) is 0 Å². The second kappa shape index (κ2) is 9.51. The number of rotatable bonds is 4. The molecule has 2 aliphatic rings. The highest BCUT2D eigenvalue weighted by molar-refractivity contribution is 6.04. The Kier molecular flexibility index (Phi) is 6.40. The van der Waals surface area contributed by atoms with Crippen LogP contribution in [0.3, 0.4) is 0 Å². The molecule has 2 N–H and O–H groups in total. The number of hydrogen-bond acceptors (Lipinski definition) is 6. The van der Waals surface area contributed by atoms with E-state index in [4.69, 9.17) is 4.74 Å². The minimum absolute atomic E-state index is 0.0499. The van der Waals surface area contributed by atoms with Crippen LogP contribution >= 0.6 is 0 Å². The number of alkyl halides is 3. The van der Waals surface area contributed by atoms with Crippen LogP contribution in [-0.2, 0) is 17.3 Å². The highest BCUT2D eigenvalue weighted by atomic mass is 19.4. The number of carbonyl (C=O) groups excluding carboxylic acids is 1. The van der Waals surface area contributed by atoms with Gasteiger partial charge in [0.1, 0.15) is 0 Å². The lowest BCUT2D eigenvalue weighted by molar-refractivity contribution is -0.137. The fourth-order valence-electron chi connectivity index (χ4n) is 4.85. The highest BCUT2D eigenvalue weighted by Crippen LogP contribution is 2.37. The topological polar surface area (TPSA) is 87.6 Å². The first-order valence-electron chi connectivity index (χ1n) is 11.6. The summed E-state index contributed by atoms with van der Waals surface area (Å²) in [5, 5.41) is 12.5. The number of hydrogen-bond donors (Lipinski definition) is 2. The molecular weight excluding hydrogens is 473 g/mol. The van der Waals surface area contributed by atoms with Crippen LogP contribution in [0.15, 0.2) is 48.8 Å². The summed E-state index contributed by atoms with van der Waals surface area (Å²) in [7, 11) is 0. The first-order valence-corrected chi connectivity index (χ1v) is 11.6. The van der Waals surface area contributed by atoms with E-state index in [1.807, 2.05) is 13.0 Å². The molecule has 5 rings (SSSR count). The molecule has 2 aliphatic heterocycles. The monoisotopic (exact) mass is 498 g/mol. The van der Waals surface area contributed by atoms with Gasteiger partial charge in [-0.2, -0.15) is 13.2 Å². The number of benzene rings is 1. The van der Waals surface area contributed by atoms with E-state index in [0.29, 0.717) is 31.9 Å². The zero-order valence-electron chi connectivity index (χ0n) is 19.5. The molecule has 10 heteroatoms. The SMILES string of the molecule is Cc1ncc(NC(=O)c2cccc(C(F)(F)F)c2)cc1-c1cnc2c(c1)N1CCOC[C@H]1[C@@H](CO)C2. The van der Waals surface area contributed by atoms with Crippen molar-refractivity contribution in [2.45, 2.75) is 25.6 Å². The summed E-state index contributed by atoms with van der Waals surface area (Å²) in [5.41, 5.74) is 3.56. The number of morpholine rings is 1. The Labute approximate surface area is 205 Å². The molecule has 1 saturated heterocycles. The lowest BCUT2D eigenvalue weighted by Crippen LogP contribution is -2.54. The first kappa shape index (κ1) is 24.2. The third-order valence-electron chi connectivity index (χ3n) is 6.76. The number of aryl methyl sites for hydroxylation is 1. The molecule has 2 aromatic heterocycles. The number of nitrogens with one attached hydrogen (secondary N) is 1. The average molecular weight is 499 g/mol. The number of carbonyl (C=O) groups is 1. The number of aliphatic hydroxyl groups is 1. The van der Waals surface area contributed by atoms with E-state index in [1.165, 1.54) is 18.3 Å². The number of anilines is 2. The van der Waals surface area contributed by atoms with E-state index in [-0.39, 0.29) is 24.1 Å². The van der Waals surface area contributed by atoms with Gasteiger partial charge in [-0.05, 0) is 43.7 Å². The van der Waals surface area contributed by atoms with Crippen LogP contribution < -0.4 is 10.2 Å². The molecule has 188 valence electrons. The summed E-state index contributed by atoms with van der Waals surface area (Å²) in [6.45, 7) is 3.74. The molecule has 4 heterocycles. The number of fused-ring (bicyclic) bond motifs is 3. The molecule has 0 unspecified atom stereocenters. The first-order chi connectivity index (χ1) is 17.2. The van der Waals surface area contributed by atoms with E-state index >= 15 is 0 Å². The Morgan fingerprint density at radius 1 is 1.22 bits per heavy atom. The van der Waals surface area contributed by atoms with Gasteiger partial charge in [0.25, 0.3) is 5.91 Å². The van der Waals surface area contributed by atoms with Gasteiger partial charge in [-0.15, -0.1) is 0 Å². The largest absolute Gasteiger partial charge is 0.416 e. The summed E-state index contributed by atoms with van der Waals surface area (Å²) < 4.78 is 44.8. The highest BCUT2D eigenvalue weighted by Gasteiger charge is 2.37. The molecule has 2 atom stereocenters. The second-order valence-corrected chi connectivity index (χ2v) is 9.06. The van der Waals surface area contributed by atoms with Gasteiger partial charge < -0.3 is 20.1 Å². The normalized spacial score (nSPS) is 19.4. The lowest BCUT2D eigenvalue weighted by Gasteiger charge is -2.45. The number of aromatic nitrogens is 2. The van der Waals surface area contributed by atoms with Crippen LogP contribution in [0.4, 0.5) is 24.5 Å². The van der Waals surface area contributed by atoms with Gasteiger partial charge in [0.05, 0.1) is 48.1 Å². The molecule has 0 aliphatic carbocycles. The minimum Gasteiger partial charge on any atom is -0.396 e. The van der Waals surface area contributed by atoms with Crippen molar-refractivity contribution in [2.75, 3.05) is 36.6 Å². The van der Waals surface area contributed by atoms with Crippen molar-refractivity contribution in [3.05, 3.63) is 71.3 Å². The van der Waals surface area contributed by atoms with E-state index < -0.39 is 17.6 Å². The number of pyridine rings is 2. The maximum absolute atomic E-state index is 13.0. The quantitative estimate of drug-likeness (QED) is 0.564. The van der Waals surface area contributed by atoms with Crippen molar-refractivity contribution >= 4 is 17.3 Å². The molecular formula is C26H25F3N4O3. The Hall–Kier alpha value is -3.50. The molecule has 7 nitrogen and oxygen atoms in total. The summed E-state index contributed by atoms with van der Waals surface area (Å²) in [4.78, 5) is 24.0. The summed E-state index contributed by atoms with van der Waals surface area (Å²) in [6, 6.07) is 8.14. The molecule has 36 heavy (non-hydrogen) atoms. The Balaban J connectivity index is 1.43. The zero-order chi connectivity index (χ0) is 25.4. The fraction of sp³-hybridized carbons (Fsp3) is 0.346. The summed E-state index contributed by atoms with van der Waals surface area (Å²) in [6.07, 6.45) is -0.664. The van der Waals surface area contributed by atoms with Gasteiger partial charge in [-0.3, -0.25) is 14.8 Å². The van der Waals surface area contributed by atoms with Crippen LogP contribution in [0.1, 0.15) is 27.3 Å². The number of halogens is 3. The Morgan fingerprint density at radius 3 is 2.83 bits per heavy atom. The standard InChI is InChI=1S/C26H25F3N4O3/c1-15-21(10-20(12-30-15)32-25(35)16-3-2-4-19(7-16)26(27,28)29)17-9-23-22(31-11-17)8-18(13-34)24-14-36-6-5-33(23)24/h2-4,7,9-12,18,24,34H,5-6,8,13-14H2,1H3,(H,32,35)/t18-,24+/m1/s1. The molecule has 0 bridgehead atoms. The van der Waals surface area contributed by atoms with E-state index in [2.05, 4.69) is 20.2 Å². The molecule has 1 amide bonds. The van der Waals surface area contributed by atoms with Crippen molar-refractivity contribution in [1.82, 2.24) is 9.97 Å². The fourth-order valence-corrected chi connectivity index (χ4v) is 4.85. The number of nitrogens with zero attached hydrogens (tertiary/aromatic N) is 3. The predicted octanol–water partition coefficient (Wildman–Crippen LogP) is 4.09. The number of aliphatic hydroxyl groups excluding tert-OH is 1. The number of amides is 1. The predicted molar refractivity (Wildman–Crippen MR) is 128 cm³/mol. The minimum atomic E-state index is -4.54. The number of ether oxygens (including phenoxy) is 1. The second-order valence-electron chi connectivity index (χ2n) is 9.06. The van der Waals surface area contributed by atoms with Crippen molar-refractivity contribution in [2.24, 2.45) is 5.92 Å². The smallest absolute Gasteiger partial charge is 0.396 e. The Morgan fingerprint density at radius 2 is 2.06 bits per heavy atom. The van der Waals surface area contributed by atoms with E-state index in [0.717, 1.165) is 40.3 Å². The van der Waals surface area contributed by atoms with Crippen LogP contribution in [0.5, 0.6) is 0 Å². The maximum Gasteiger partial charge on any atom is 0.416 e. The van der Waals surface area contributed by atoms with Gasteiger partial charge >= 0.3 is 6.18 Å². The van der Waals surface area contributed by atoms with Crippen LogP contribution in [0, 0.1) is 12.8 Å². The molecule has 3 aromatic rings. The average Bonchev–Trinajstić information content (AvgIpc) is 2.88. The van der Waals surface area contributed by atoms with Gasteiger partial charge in [0.15, 0.2) is 0 Å².